The van der Waals surface area contributed by atoms with Crippen molar-refractivity contribution in [3.8, 4) is 0 Å². The molecule has 5 heteroatoms. The molecule has 2 rings (SSSR count). The lowest BCUT2D eigenvalue weighted by atomic mass is 9.70. The Kier molecular flexibility index (Phi) is 5.48. The zero-order valence-electron chi connectivity index (χ0n) is 13.9. The number of hydrogen-bond donors (Lipinski definition) is 2. The van der Waals surface area contributed by atoms with Gasteiger partial charge in [0.05, 0.1) is 0 Å². The average molecular weight is 311 g/mol. The van der Waals surface area contributed by atoms with Gasteiger partial charge >= 0.3 is 5.97 Å². The zero-order chi connectivity index (χ0) is 16.3. The third kappa shape index (κ3) is 4.45. The highest BCUT2D eigenvalue weighted by Crippen LogP contribution is 2.39. The quantitative estimate of drug-likeness (QED) is 0.837. The predicted molar refractivity (Wildman–Crippen MR) is 83.4 cm³/mol. The van der Waals surface area contributed by atoms with Crippen molar-refractivity contribution in [1.29, 1.82) is 0 Å². The highest BCUT2D eigenvalue weighted by molar-refractivity contribution is 5.82. The van der Waals surface area contributed by atoms with E-state index in [9.17, 15) is 9.59 Å². The minimum Gasteiger partial charge on any atom is -0.479 e. The summed E-state index contributed by atoms with van der Waals surface area (Å²) in [5.41, 5.74) is 0.373. The number of carboxylic acids is 1. The summed E-state index contributed by atoms with van der Waals surface area (Å²) in [5, 5.41) is 11.8. The van der Waals surface area contributed by atoms with Crippen molar-refractivity contribution in [2.75, 3.05) is 6.54 Å². The van der Waals surface area contributed by atoms with E-state index in [1.165, 1.54) is 12.8 Å². The molecular formula is C17H29NO4. The van der Waals surface area contributed by atoms with Gasteiger partial charge in [-0.15, -0.1) is 0 Å². The van der Waals surface area contributed by atoms with Gasteiger partial charge in [-0.3, -0.25) is 4.79 Å². The van der Waals surface area contributed by atoms with Crippen molar-refractivity contribution in [3.63, 3.8) is 0 Å². The minimum atomic E-state index is -0.976. The Labute approximate surface area is 132 Å². The lowest BCUT2D eigenvalue weighted by molar-refractivity contribution is -0.151. The Bertz CT molecular complexity index is 407. The Hall–Kier alpha value is -1.10. The van der Waals surface area contributed by atoms with Crippen LogP contribution in [0.4, 0.5) is 0 Å². The number of carboxylic acid groups (broad SMARTS) is 1. The zero-order valence-corrected chi connectivity index (χ0v) is 13.9. The molecule has 0 radical (unpaired) electrons. The van der Waals surface area contributed by atoms with Gasteiger partial charge in [-0.05, 0) is 55.8 Å². The molecular weight excluding hydrogens is 282 g/mol. The fraction of sp³-hybridized carbons (Fsp3) is 0.882. The first kappa shape index (κ1) is 17.3. The van der Waals surface area contributed by atoms with Crippen molar-refractivity contribution >= 4 is 11.9 Å². The molecule has 0 aromatic heterocycles. The molecule has 126 valence electrons. The lowest BCUT2D eigenvalue weighted by Gasteiger charge is -2.37. The predicted octanol–water partition coefficient (Wildman–Crippen LogP) is 2.59. The van der Waals surface area contributed by atoms with E-state index in [0.29, 0.717) is 30.7 Å². The number of carbonyl (C=O) groups is 2. The number of nitrogens with one attached hydrogen (secondary N) is 1. The van der Waals surface area contributed by atoms with Gasteiger partial charge in [0.1, 0.15) is 6.10 Å². The summed E-state index contributed by atoms with van der Waals surface area (Å²) >= 11 is 0. The average Bonchev–Trinajstić information content (AvgIpc) is 2.94. The largest absolute Gasteiger partial charge is 0.479 e. The molecule has 0 unspecified atom stereocenters. The van der Waals surface area contributed by atoms with E-state index in [1.54, 1.807) is 0 Å². The third-order valence-electron chi connectivity index (χ3n) is 5.22. The summed E-state index contributed by atoms with van der Waals surface area (Å²) in [4.78, 5) is 22.9. The molecule has 1 amide bonds. The molecule has 0 bridgehead atoms. The molecule has 1 saturated carbocycles. The molecule has 0 aromatic carbocycles. The molecule has 2 aliphatic rings. The summed E-state index contributed by atoms with van der Waals surface area (Å²) in [6, 6.07) is 0. The second-order valence-corrected chi connectivity index (χ2v) is 7.86. The topological polar surface area (TPSA) is 75.6 Å². The van der Waals surface area contributed by atoms with Gasteiger partial charge in [-0.25, -0.2) is 4.79 Å². The summed E-state index contributed by atoms with van der Waals surface area (Å²) in [5.74, 6) is 0.186. The molecule has 0 spiro atoms. The molecule has 5 nitrogen and oxygen atoms in total. The van der Waals surface area contributed by atoms with E-state index < -0.39 is 18.2 Å². The van der Waals surface area contributed by atoms with Crippen LogP contribution in [-0.2, 0) is 14.3 Å². The second-order valence-electron chi connectivity index (χ2n) is 7.86. The van der Waals surface area contributed by atoms with Gasteiger partial charge in [0, 0.05) is 6.54 Å². The Balaban J connectivity index is 1.69. The van der Waals surface area contributed by atoms with Gasteiger partial charge in [-0.1, -0.05) is 20.8 Å². The van der Waals surface area contributed by atoms with Crippen LogP contribution in [0.5, 0.6) is 0 Å². The molecule has 0 aromatic rings. The molecule has 1 aliphatic carbocycles. The maximum Gasteiger partial charge on any atom is 0.332 e. The van der Waals surface area contributed by atoms with E-state index >= 15 is 0 Å². The minimum absolute atomic E-state index is 0.151. The molecule has 1 heterocycles. The van der Waals surface area contributed by atoms with Gasteiger partial charge in [0.25, 0.3) is 0 Å². The van der Waals surface area contributed by atoms with Gasteiger partial charge in [-0.2, -0.15) is 0 Å². The number of carbonyl (C=O) groups excluding carboxylic acids is 1. The lowest BCUT2D eigenvalue weighted by Crippen LogP contribution is -2.39. The van der Waals surface area contributed by atoms with Crippen molar-refractivity contribution in [3.05, 3.63) is 0 Å². The third-order valence-corrected chi connectivity index (χ3v) is 5.22. The van der Waals surface area contributed by atoms with Crippen LogP contribution < -0.4 is 5.32 Å². The van der Waals surface area contributed by atoms with Crippen molar-refractivity contribution in [1.82, 2.24) is 5.32 Å². The van der Waals surface area contributed by atoms with E-state index in [4.69, 9.17) is 9.84 Å². The summed E-state index contributed by atoms with van der Waals surface area (Å²) in [6.45, 7) is 7.59. The maximum atomic E-state index is 12.1. The first-order valence-electron chi connectivity index (χ1n) is 8.43. The van der Waals surface area contributed by atoms with Crippen molar-refractivity contribution in [2.24, 2.45) is 17.3 Å². The van der Waals surface area contributed by atoms with Crippen molar-refractivity contribution in [2.45, 2.75) is 71.5 Å². The second kappa shape index (κ2) is 6.99. The molecule has 1 aliphatic heterocycles. The van der Waals surface area contributed by atoms with Crippen LogP contribution in [0.25, 0.3) is 0 Å². The SMILES string of the molecule is CC(C)(C)C1CCC(CNC(=O)[C@@H]2CC[C@H](C(=O)O)O2)CC1. The maximum absolute atomic E-state index is 12.1. The van der Waals surface area contributed by atoms with Crippen LogP contribution in [0, 0.1) is 17.3 Å². The monoisotopic (exact) mass is 311 g/mol. The number of amides is 1. The van der Waals surface area contributed by atoms with E-state index in [1.807, 2.05) is 0 Å². The standard InChI is InChI=1S/C17H29NO4/c1-17(2,3)12-6-4-11(5-7-12)10-18-15(19)13-8-9-14(22-13)16(20)21/h11-14H,4-10H2,1-3H3,(H,18,19)(H,20,21)/t11?,12?,13-,14+/m0/s1. The van der Waals surface area contributed by atoms with Crippen molar-refractivity contribution < 1.29 is 19.4 Å². The Morgan fingerprint density at radius 1 is 1.05 bits per heavy atom. The van der Waals surface area contributed by atoms with Gasteiger partial charge in [0.15, 0.2) is 6.10 Å². The van der Waals surface area contributed by atoms with Crippen LogP contribution in [0.15, 0.2) is 0 Å². The van der Waals surface area contributed by atoms with E-state index in [0.717, 1.165) is 18.8 Å². The van der Waals surface area contributed by atoms with Gasteiger partial charge in [0.2, 0.25) is 5.91 Å². The fourth-order valence-electron chi connectivity index (χ4n) is 3.60. The highest BCUT2D eigenvalue weighted by atomic mass is 16.5. The first-order chi connectivity index (χ1) is 10.3. The first-order valence-corrected chi connectivity index (χ1v) is 8.43. The smallest absolute Gasteiger partial charge is 0.332 e. The van der Waals surface area contributed by atoms with Crippen LogP contribution in [0.3, 0.4) is 0 Å². The number of ether oxygens (including phenoxy) is 1. The van der Waals surface area contributed by atoms with Crippen LogP contribution in [0.2, 0.25) is 0 Å². The van der Waals surface area contributed by atoms with Crippen LogP contribution in [-0.4, -0.2) is 35.7 Å². The molecule has 2 N–H and O–H groups in total. The number of rotatable bonds is 4. The van der Waals surface area contributed by atoms with Gasteiger partial charge < -0.3 is 15.2 Å². The number of aliphatic carboxylic acids is 1. The summed E-state index contributed by atoms with van der Waals surface area (Å²) < 4.78 is 5.27. The summed E-state index contributed by atoms with van der Waals surface area (Å²) in [6.07, 6.45) is 4.28. The molecule has 2 atom stereocenters. The van der Waals surface area contributed by atoms with E-state index in [2.05, 4.69) is 26.1 Å². The Morgan fingerprint density at radius 3 is 2.14 bits per heavy atom. The fourth-order valence-corrected chi connectivity index (χ4v) is 3.60. The molecule has 22 heavy (non-hydrogen) atoms. The molecule has 1 saturated heterocycles. The van der Waals surface area contributed by atoms with Crippen LogP contribution in [0.1, 0.15) is 59.3 Å². The Morgan fingerprint density at radius 2 is 1.64 bits per heavy atom. The summed E-state index contributed by atoms with van der Waals surface area (Å²) in [7, 11) is 0. The van der Waals surface area contributed by atoms with E-state index in [-0.39, 0.29) is 5.91 Å². The molecule has 2 fully saturated rings. The van der Waals surface area contributed by atoms with Crippen LogP contribution >= 0.6 is 0 Å². The normalized spacial score (nSPS) is 32.7. The number of hydrogen-bond acceptors (Lipinski definition) is 3. The highest BCUT2D eigenvalue weighted by Gasteiger charge is 2.35.